The van der Waals surface area contributed by atoms with Gasteiger partial charge in [-0.2, -0.15) is 0 Å². The molecule has 7 heteroatoms. The lowest BCUT2D eigenvalue weighted by atomic mass is 10.0. The number of aromatic nitrogens is 2. The molecule has 23 heavy (non-hydrogen) atoms. The highest BCUT2D eigenvalue weighted by Crippen LogP contribution is 2.24. The lowest BCUT2D eigenvalue weighted by Gasteiger charge is -2.32. The molecule has 3 rings (SSSR count). The number of para-hydroxylation sites is 2. The van der Waals surface area contributed by atoms with Gasteiger partial charge >= 0.3 is 5.69 Å². The van der Waals surface area contributed by atoms with Gasteiger partial charge in [0, 0.05) is 25.4 Å². The first-order chi connectivity index (χ1) is 10.9. The van der Waals surface area contributed by atoms with Gasteiger partial charge in [0.1, 0.15) is 9.84 Å². The van der Waals surface area contributed by atoms with Crippen molar-refractivity contribution >= 4 is 20.9 Å². The predicted octanol–water partition coefficient (Wildman–Crippen LogP) is 1.40. The molecule has 1 saturated heterocycles. The van der Waals surface area contributed by atoms with Crippen LogP contribution < -0.4 is 5.69 Å². The van der Waals surface area contributed by atoms with Crippen molar-refractivity contribution in [2.45, 2.75) is 25.3 Å². The second-order valence-corrected chi connectivity index (χ2v) is 8.63. The summed E-state index contributed by atoms with van der Waals surface area (Å²) in [5.41, 5.74) is 1.81. The van der Waals surface area contributed by atoms with E-state index in [1.807, 2.05) is 28.8 Å². The molecule has 2 heterocycles. The van der Waals surface area contributed by atoms with Crippen LogP contribution in [0.25, 0.3) is 11.0 Å². The van der Waals surface area contributed by atoms with E-state index in [4.69, 9.17) is 0 Å². The summed E-state index contributed by atoms with van der Waals surface area (Å²) in [7, 11) is -2.88. The van der Waals surface area contributed by atoms with Crippen molar-refractivity contribution in [3.63, 3.8) is 0 Å². The van der Waals surface area contributed by atoms with Gasteiger partial charge in [0.15, 0.2) is 0 Å². The standard InChI is InChI=1S/C16H23N3O3S/c1-23(21,22)12-4-9-18-10-7-13(8-11-18)19-15-6-3-2-5-14(15)17-16(19)20/h2-3,5-6,13H,4,7-12H2,1H3,(H,17,20). The molecule has 0 radical (unpaired) electrons. The first kappa shape index (κ1) is 16.3. The molecule has 1 aromatic heterocycles. The van der Waals surface area contributed by atoms with Gasteiger partial charge in [0.25, 0.3) is 0 Å². The van der Waals surface area contributed by atoms with Crippen LogP contribution in [0.15, 0.2) is 29.1 Å². The fraction of sp³-hybridized carbons (Fsp3) is 0.562. The number of fused-ring (bicyclic) bond motifs is 1. The van der Waals surface area contributed by atoms with Crippen molar-refractivity contribution in [1.82, 2.24) is 14.5 Å². The van der Waals surface area contributed by atoms with E-state index in [1.54, 1.807) is 0 Å². The molecule has 0 atom stereocenters. The van der Waals surface area contributed by atoms with Crippen molar-refractivity contribution in [3.05, 3.63) is 34.7 Å². The van der Waals surface area contributed by atoms with E-state index in [0.717, 1.165) is 43.5 Å². The summed E-state index contributed by atoms with van der Waals surface area (Å²) < 4.78 is 24.2. The molecule has 2 aromatic rings. The summed E-state index contributed by atoms with van der Waals surface area (Å²) in [6.45, 7) is 2.61. The van der Waals surface area contributed by atoms with Gasteiger partial charge < -0.3 is 9.88 Å². The van der Waals surface area contributed by atoms with Crippen molar-refractivity contribution in [2.75, 3.05) is 31.6 Å². The van der Waals surface area contributed by atoms with Crippen molar-refractivity contribution < 1.29 is 8.42 Å². The Morgan fingerprint density at radius 1 is 1.22 bits per heavy atom. The minimum Gasteiger partial charge on any atom is -0.306 e. The van der Waals surface area contributed by atoms with Crippen LogP contribution in [0.2, 0.25) is 0 Å². The Bertz CT molecular complexity index is 830. The zero-order valence-corrected chi connectivity index (χ0v) is 14.2. The average molecular weight is 337 g/mol. The zero-order valence-electron chi connectivity index (χ0n) is 13.4. The molecule has 1 N–H and O–H groups in total. The molecule has 1 fully saturated rings. The van der Waals surface area contributed by atoms with Crippen molar-refractivity contribution in [2.24, 2.45) is 0 Å². The summed E-state index contributed by atoms with van der Waals surface area (Å²) in [6.07, 6.45) is 3.79. The normalized spacial score (nSPS) is 17.8. The third kappa shape index (κ3) is 3.84. The van der Waals surface area contributed by atoms with Gasteiger partial charge in [-0.1, -0.05) is 12.1 Å². The Morgan fingerprint density at radius 3 is 2.61 bits per heavy atom. The minimum atomic E-state index is -2.88. The molecule has 0 unspecified atom stereocenters. The van der Waals surface area contributed by atoms with Gasteiger partial charge in [-0.25, -0.2) is 13.2 Å². The van der Waals surface area contributed by atoms with E-state index in [1.165, 1.54) is 6.26 Å². The summed E-state index contributed by atoms with van der Waals surface area (Å²) in [4.78, 5) is 17.4. The fourth-order valence-corrected chi connectivity index (χ4v) is 4.04. The molecule has 0 aliphatic carbocycles. The number of benzene rings is 1. The summed E-state index contributed by atoms with van der Waals surface area (Å²) in [6, 6.07) is 7.99. The topological polar surface area (TPSA) is 75.2 Å². The van der Waals surface area contributed by atoms with Crippen LogP contribution >= 0.6 is 0 Å². The molecule has 0 amide bonds. The smallest absolute Gasteiger partial charge is 0.306 e. The van der Waals surface area contributed by atoms with Crippen LogP contribution in [0.5, 0.6) is 0 Å². The Hall–Kier alpha value is -1.60. The quantitative estimate of drug-likeness (QED) is 0.895. The Morgan fingerprint density at radius 2 is 1.91 bits per heavy atom. The number of rotatable bonds is 5. The van der Waals surface area contributed by atoms with Crippen molar-refractivity contribution in [1.29, 1.82) is 0 Å². The zero-order chi connectivity index (χ0) is 16.4. The lowest BCUT2D eigenvalue weighted by Crippen LogP contribution is -2.37. The second-order valence-electron chi connectivity index (χ2n) is 6.37. The van der Waals surface area contributed by atoms with Gasteiger partial charge in [0.05, 0.1) is 16.8 Å². The maximum absolute atomic E-state index is 12.2. The predicted molar refractivity (Wildman–Crippen MR) is 91.6 cm³/mol. The first-order valence-corrected chi connectivity index (χ1v) is 10.1. The first-order valence-electron chi connectivity index (χ1n) is 8.03. The summed E-state index contributed by atoms with van der Waals surface area (Å²) >= 11 is 0. The highest BCUT2D eigenvalue weighted by Gasteiger charge is 2.23. The molecule has 1 aliphatic heterocycles. The maximum Gasteiger partial charge on any atom is 0.326 e. The van der Waals surface area contributed by atoms with Gasteiger partial charge in [0.2, 0.25) is 0 Å². The number of hydrogen-bond acceptors (Lipinski definition) is 4. The molecule has 6 nitrogen and oxygen atoms in total. The monoisotopic (exact) mass is 337 g/mol. The number of likely N-dealkylation sites (tertiary alicyclic amines) is 1. The lowest BCUT2D eigenvalue weighted by molar-refractivity contribution is 0.187. The SMILES string of the molecule is CS(=O)(=O)CCCN1CCC(n2c(=O)[nH]c3ccccc32)CC1. The van der Waals surface area contributed by atoms with Crippen LogP contribution in [0, 0.1) is 0 Å². The molecule has 1 aliphatic rings. The highest BCUT2D eigenvalue weighted by molar-refractivity contribution is 7.90. The van der Waals surface area contributed by atoms with Crippen LogP contribution in [-0.2, 0) is 9.84 Å². The van der Waals surface area contributed by atoms with E-state index < -0.39 is 9.84 Å². The number of piperidine rings is 1. The summed E-state index contributed by atoms with van der Waals surface area (Å²) in [5, 5.41) is 0. The van der Waals surface area contributed by atoms with Crippen LogP contribution in [0.1, 0.15) is 25.3 Å². The second kappa shape index (κ2) is 6.49. The van der Waals surface area contributed by atoms with E-state index in [9.17, 15) is 13.2 Å². The van der Waals surface area contributed by atoms with Crippen LogP contribution in [0.3, 0.4) is 0 Å². The number of sulfone groups is 1. The van der Waals surface area contributed by atoms with Crippen LogP contribution in [-0.4, -0.2) is 54.5 Å². The highest BCUT2D eigenvalue weighted by atomic mass is 32.2. The number of nitrogens with one attached hydrogen (secondary N) is 1. The third-order valence-corrected chi connectivity index (χ3v) is 5.57. The molecule has 0 bridgehead atoms. The van der Waals surface area contributed by atoms with E-state index in [0.29, 0.717) is 6.42 Å². The van der Waals surface area contributed by atoms with Crippen LogP contribution in [0.4, 0.5) is 0 Å². The molecule has 0 spiro atoms. The van der Waals surface area contributed by atoms with E-state index in [2.05, 4.69) is 9.88 Å². The van der Waals surface area contributed by atoms with Gasteiger partial charge in [-0.15, -0.1) is 0 Å². The number of nitrogens with zero attached hydrogens (tertiary/aromatic N) is 2. The Balaban J connectivity index is 1.62. The molecule has 126 valence electrons. The molecular weight excluding hydrogens is 314 g/mol. The number of hydrogen-bond donors (Lipinski definition) is 1. The fourth-order valence-electron chi connectivity index (χ4n) is 3.39. The summed E-state index contributed by atoms with van der Waals surface area (Å²) in [5.74, 6) is 0.245. The molecule has 1 aromatic carbocycles. The third-order valence-electron chi connectivity index (χ3n) is 4.54. The maximum atomic E-state index is 12.2. The number of H-pyrrole nitrogens is 1. The van der Waals surface area contributed by atoms with Gasteiger partial charge in [-0.05, 0) is 37.9 Å². The minimum absolute atomic E-state index is 0.0401. The number of imidazole rings is 1. The van der Waals surface area contributed by atoms with E-state index in [-0.39, 0.29) is 17.5 Å². The Labute approximate surface area is 136 Å². The average Bonchev–Trinajstić information content (AvgIpc) is 2.83. The van der Waals surface area contributed by atoms with Gasteiger partial charge in [-0.3, -0.25) is 4.57 Å². The van der Waals surface area contributed by atoms with E-state index >= 15 is 0 Å². The largest absolute Gasteiger partial charge is 0.326 e. The Kier molecular flexibility index (Phi) is 4.59. The molecular formula is C16H23N3O3S. The molecule has 0 saturated carbocycles. The number of aromatic amines is 1. The van der Waals surface area contributed by atoms with Crippen molar-refractivity contribution in [3.8, 4) is 0 Å².